The molecule has 0 spiro atoms. The fourth-order valence-corrected chi connectivity index (χ4v) is 3.79. The van der Waals surface area contributed by atoms with E-state index in [4.69, 9.17) is 4.74 Å². The van der Waals surface area contributed by atoms with Crippen LogP contribution in [-0.2, 0) is 9.59 Å². The highest BCUT2D eigenvalue weighted by Crippen LogP contribution is 2.38. The molecule has 2 unspecified atom stereocenters. The van der Waals surface area contributed by atoms with E-state index in [9.17, 15) is 9.59 Å². The molecule has 5 nitrogen and oxygen atoms in total. The molecule has 0 aliphatic carbocycles. The Kier molecular flexibility index (Phi) is 6.69. The second-order valence-corrected chi connectivity index (χ2v) is 7.16. The molecule has 148 valence electrons. The molecule has 2 atom stereocenters. The van der Waals surface area contributed by atoms with Gasteiger partial charge in [-0.3, -0.25) is 9.59 Å². The summed E-state index contributed by atoms with van der Waals surface area (Å²) in [5.41, 5.74) is 1.75. The number of ether oxygens (including phenoxy) is 1. The zero-order valence-electron chi connectivity index (χ0n) is 16.6. The number of para-hydroxylation sites is 1. The molecule has 1 heterocycles. The van der Waals surface area contributed by atoms with Crippen LogP contribution in [0, 0.1) is 5.92 Å². The number of nitrogens with zero attached hydrogens (tertiary/aromatic N) is 1. The molecule has 0 radical (unpaired) electrons. The molecule has 1 saturated heterocycles. The van der Waals surface area contributed by atoms with Crippen LogP contribution in [0.3, 0.4) is 0 Å². The van der Waals surface area contributed by atoms with Crippen LogP contribution in [0.1, 0.15) is 44.2 Å². The largest absolute Gasteiger partial charge is 0.497 e. The number of hydrogen-bond donors (Lipinski definition) is 1. The summed E-state index contributed by atoms with van der Waals surface area (Å²) >= 11 is 0. The number of carbonyl (C=O) groups excluding carboxylic acids is 2. The van der Waals surface area contributed by atoms with Gasteiger partial charge in [0.1, 0.15) is 5.75 Å². The molecule has 0 bridgehead atoms. The maximum atomic E-state index is 13.1. The summed E-state index contributed by atoms with van der Waals surface area (Å²) in [5.74, 6) is 0.554. The minimum absolute atomic E-state index is 0.0407. The molecule has 1 fully saturated rings. The quantitative estimate of drug-likeness (QED) is 0.774. The van der Waals surface area contributed by atoms with Crippen molar-refractivity contribution in [2.75, 3.05) is 19.0 Å². The SMILES string of the molecule is CCCCN1C(=O)CCC(C(=O)Nc2ccccc2)C1c1ccc(OC)cc1. The van der Waals surface area contributed by atoms with Crippen LogP contribution < -0.4 is 10.1 Å². The molecule has 0 aromatic heterocycles. The number of unbranched alkanes of at least 4 members (excludes halogenated alkanes) is 1. The Balaban J connectivity index is 1.90. The maximum absolute atomic E-state index is 13.1. The van der Waals surface area contributed by atoms with Crippen molar-refractivity contribution in [3.8, 4) is 5.75 Å². The summed E-state index contributed by atoms with van der Waals surface area (Å²) in [6.45, 7) is 2.78. The van der Waals surface area contributed by atoms with Crippen molar-refractivity contribution in [3.05, 3.63) is 60.2 Å². The van der Waals surface area contributed by atoms with E-state index in [-0.39, 0.29) is 23.8 Å². The van der Waals surface area contributed by atoms with E-state index in [2.05, 4.69) is 12.2 Å². The Morgan fingerprint density at radius 3 is 2.50 bits per heavy atom. The summed E-state index contributed by atoms with van der Waals surface area (Å²) in [7, 11) is 1.63. The summed E-state index contributed by atoms with van der Waals surface area (Å²) < 4.78 is 5.26. The Labute approximate surface area is 166 Å². The Morgan fingerprint density at radius 2 is 1.86 bits per heavy atom. The van der Waals surface area contributed by atoms with Gasteiger partial charge in [-0.15, -0.1) is 0 Å². The van der Waals surface area contributed by atoms with Crippen LogP contribution in [0.25, 0.3) is 0 Å². The number of nitrogens with one attached hydrogen (secondary N) is 1. The number of rotatable bonds is 7. The van der Waals surface area contributed by atoms with Gasteiger partial charge < -0.3 is 15.0 Å². The van der Waals surface area contributed by atoms with Gasteiger partial charge in [0.2, 0.25) is 11.8 Å². The highest BCUT2D eigenvalue weighted by atomic mass is 16.5. The molecular formula is C23H28N2O3. The number of methoxy groups -OCH3 is 1. The van der Waals surface area contributed by atoms with Gasteiger partial charge in [0.25, 0.3) is 0 Å². The lowest BCUT2D eigenvalue weighted by atomic mass is 9.83. The average molecular weight is 380 g/mol. The van der Waals surface area contributed by atoms with Crippen LogP contribution in [0.4, 0.5) is 5.69 Å². The van der Waals surface area contributed by atoms with Crippen molar-refractivity contribution in [1.29, 1.82) is 0 Å². The summed E-state index contributed by atoms with van der Waals surface area (Å²) in [5, 5.41) is 3.02. The zero-order chi connectivity index (χ0) is 19.9. The van der Waals surface area contributed by atoms with E-state index in [0.717, 1.165) is 29.8 Å². The highest BCUT2D eigenvalue weighted by Gasteiger charge is 2.40. The van der Waals surface area contributed by atoms with E-state index >= 15 is 0 Å². The number of hydrogen-bond acceptors (Lipinski definition) is 3. The minimum atomic E-state index is -0.289. The minimum Gasteiger partial charge on any atom is -0.497 e. The van der Waals surface area contributed by atoms with Crippen LogP contribution in [0.2, 0.25) is 0 Å². The van der Waals surface area contributed by atoms with E-state index in [1.54, 1.807) is 7.11 Å². The summed E-state index contributed by atoms with van der Waals surface area (Å²) in [6, 6.07) is 16.9. The van der Waals surface area contributed by atoms with Gasteiger partial charge in [0.15, 0.2) is 0 Å². The van der Waals surface area contributed by atoms with Gasteiger partial charge in [0, 0.05) is 18.7 Å². The molecule has 1 N–H and O–H groups in total. The smallest absolute Gasteiger partial charge is 0.229 e. The average Bonchev–Trinajstić information content (AvgIpc) is 2.73. The van der Waals surface area contributed by atoms with Gasteiger partial charge in [-0.1, -0.05) is 43.7 Å². The molecule has 28 heavy (non-hydrogen) atoms. The van der Waals surface area contributed by atoms with Crippen molar-refractivity contribution in [2.45, 2.75) is 38.6 Å². The first kappa shape index (κ1) is 19.9. The number of piperidine rings is 1. The Morgan fingerprint density at radius 1 is 1.14 bits per heavy atom. The number of benzene rings is 2. The van der Waals surface area contributed by atoms with Crippen LogP contribution >= 0.6 is 0 Å². The van der Waals surface area contributed by atoms with Crippen molar-refractivity contribution < 1.29 is 14.3 Å². The van der Waals surface area contributed by atoms with E-state index in [1.165, 1.54) is 0 Å². The highest BCUT2D eigenvalue weighted by molar-refractivity contribution is 5.94. The third-order valence-corrected chi connectivity index (χ3v) is 5.29. The first-order chi connectivity index (χ1) is 13.6. The molecule has 0 saturated carbocycles. The monoisotopic (exact) mass is 380 g/mol. The lowest BCUT2D eigenvalue weighted by molar-refractivity contribution is -0.142. The normalized spacial score (nSPS) is 19.4. The molecular weight excluding hydrogens is 352 g/mol. The number of likely N-dealkylation sites (tertiary alicyclic amines) is 1. The third-order valence-electron chi connectivity index (χ3n) is 5.29. The molecule has 2 aromatic rings. The number of anilines is 1. The van der Waals surface area contributed by atoms with E-state index < -0.39 is 0 Å². The number of amides is 2. The molecule has 5 heteroatoms. The van der Waals surface area contributed by atoms with Gasteiger partial charge in [0.05, 0.1) is 19.1 Å². The van der Waals surface area contributed by atoms with Gasteiger partial charge in [-0.2, -0.15) is 0 Å². The van der Waals surface area contributed by atoms with Crippen LogP contribution in [0.5, 0.6) is 5.75 Å². The fourth-order valence-electron chi connectivity index (χ4n) is 3.79. The van der Waals surface area contributed by atoms with Gasteiger partial charge in [-0.05, 0) is 42.7 Å². The number of carbonyl (C=O) groups is 2. The lowest BCUT2D eigenvalue weighted by Gasteiger charge is -2.41. The molecule has 1 aliphatic rings. The Bertz CT molecular complexity index is 789. The fraction of sp³-hybridized carbons (Fsp3) is 0.391. The van der Waals surface area contributed by atoms with Gasteiger partial charge in [-0.25, -0.2) is 0 Å². The molecule has 2 amide bonds. The zero-order valence-corrected chi connectivity index (χ0v) is 16.6. The standard InChI is InChI=1S/C23H28N2O3/c1-3-4-16-25-21(26)15-14-20(23(27)24-18-8-6-5-7-9-18)22(25)17-10-12-19(28-2)13-11-17/h5-13,20,22H,3-4,14-16H2,1-2H3,(H,24,27). The summed E-state index contributed by atoms with van der Waals surface area (Å²) in [6.07, 6.45) is 2.88. The van der Waals surface area contributed by atoms with Crippen molar-refractivity contribution in [1.82, 2.24) is 4.90 Å². The third kappa shape index (κ3) is 4.53. The van der Waals surface area contributed by atoms with Crippen molar-refractivity contribution in [2.24, 2.45) is 5.92 Å². The molecule has 2 aromatic carbocycles. The lowest BCUT2D eigenvalue weighted by Crippen LogP contribution is -2.47. The summed E-state index contributed by atoms with van der Waals surface area (Å²) in [4.78, 5) is 27.7. The van der Waals surface area contributed by atoms with Crippen LogP contribution in [-0.4, -0.2) is 30.4 Å². The van der Waals surface area contributed by atoms with Crippen molar-refractivity contribution >= 4 is 17.5 Å². The molecule has 1 aliphatic heterocycles. The maximum Gasteiger partial charge on any atom is 0.229 e. The first-order valence-electron chi connectivity index (χ1n) is 9.93. The topological polar surface area (TPSA) is 58.6 Å². The second-order valence-electron chi connectivity index (χ2n) is 7.16. The predicted molar refractivity (Wildman–Crippen MR) is 110 cm³/mol. The van der Waals surface area contributed by atoms with E-state index in [0.29, 0.717) is 19.4 Å². The first-order valence-corrected chi connectivity index (χ1v) is 9.93. The van der Waals surface area contributed by atoms with Crippen LogP contribution in [0.15, 0.2) is 54.6 Å². The van der Waals surface area contributed by atoms with Gasteiger partial charge >= 0.3 is 0 Å². The predicted octanol–water partition coefficient (Wildman–Crippen LogP) is 4.41. The van der Waals surface area contributed by atoms with E-state index in [1.807, 2.05) is 59.5 Å². The Hall–Kier alpha value is -2.82. The van der Waals surface area contributed by atoms with Crippen molar-refractivity contribution in [3.63, 3.8) is 0 Å². The second kappa shape index (κ2) is 9.40. The molecule has 3 rings (SSSR count).